The zero-order chi connectivity index (χ0) is 24.9. The minimum Gasteiger partial charge on any atom is -0.477 e. The number of carbonyl (C=O) groups excluding carboxylic acids is 2. The van der Waals surface area contributed by atoms with E-state index >= 15 is 0 Å². The summed E-state index contributed by atoms with van der Waals surface area (Å²) in [6.07, 6.45) is -0.804. The maximum absolute atomic E-state index is 12.5. The zero-order valence-electron chi connectivity index (χ0n) is 19.2. The number of β-lactam (4-membered cyclic amide) rings is 1. The third-order valence-electron chi connectivity index (χ3n) is 6.73. The van der Waals surface area contributed by atoms with Crippen LogP contribution in [0.25, 0.3) is 0 Å². The van der Waals surface area contributed by atoms with Crippen molar-refractivity contribution >= 4 is 46.0 Å². The van der Waals surface area contributed by atoms with Gasteiger partial charge in [-0.15, -0.1) is 23.1 Å². The molecule has 5 rings (SSSR count). The Labute approximate surface area is 210 Å². The van der Waals surface area contributed by atoms with Crippen molar-refractivity contribution < 1.29 is 24.6 Å². The fraction of sp³-hybridized carbons (Fsp3) is 0.417. The van der Waals surface area contributed by atoms with E-state index in [9.17, 15) is 24.6 Å². The average molecular weight is 515 g/mol. The van der Waals surface area contributed by atoms with E-state index in [0.717, 1.165) is 23.9 Å². The average Bonchev–Trinajstić information content (AvgIpc) is 3.35. The monoisotopic (exact) mass is 514 g/mol. The Bertz CT molecular complexity index is 1190. The number of aromatic nitrogens is 1. The molecule has 35 heavy (non-hydrogen) atoms. The number of carboxylic acid groups (broad SMARTS) is 1. The lowest BCUT2D eigenvalue weighted by Gasteiger charge is -2.46. The molecular formula is C24H26N4O5S2. The van der Waals surface area contributed by atoms with Crippen molar-refractivity contribution in [3.8, 4) is 0 Å². The number of aliphatic hydroxyl groups is 1. The molecular weight excluding hydrogens is 488 g/mol. The van der Waals surface area contributed by atoms with Crippen molar-refractivity contribution in [3.05, 3.63) is 57.6 Å². The van der Waals surface area contributed by atoms with Gasteiger partial charge in [-0.25, -0.2) is 9.78 Å². The normalized spacial score (nSPS) is 24.7. The maximum Gasteiger partial charge on any atom is 0.353 e. The number of benzene rings is 1. The third-order valence-corrected chi connectivity index (χ3v) is 9.13. The van der Waals surface area contributed by atoms with Crippen LogP contribution in [0.1, 0.15) is 29.9 Å². The molecule has 0 spiro atoms. The molecule has 2 saturated heterocycles. The predicted molar refractivity (Wildman–Crippen MR) is 133 cm³/mol. The molecule has 1 aromatic carbocycles. The minimum absolute atomic E-state index is 0.0681. The van der Waals surface area contributed by atoms with Crippen molar-refractivity contribution in [2.24, 2.45) is 11.8 Å². The van der Waals surface area contributed by atoms with Gasteiger partial charge in [0.25, 0.3) is 5.91 Å². The van der Waals surface area contributed by atoms with Crippen molar-refractivity contribution in [1.82, 2.24) is 15.2 Å². The summed E-state index contributed by atoms with van der Waals surface area (Å²) in [7, 11) is 0. The molecule has 2 fully saturated rings. The zero-order valence-corrected chi connectivity index (χ0v) is 20.9. The molecule has 3 aliphatic rings. The lowest BCUT2D eigenvalue weighted by Crippen LogP contribution is -2.63. The number of anilines is 1. The maximum atomic E-state index is 12.5. The highest BCUT2D eigenvalue weighted by molar-refractivity contribution is 8.03. The first-order valence-electron chi connectivity index (χ1n) is 11.4. The van der Waals surface area contributed by atoms with E-state index in [4.69, 9.17) is 0 Å². The molecule has 1 aromatic heterocycles. The van der Waals surface area contributed by atoms with Crippen LogP contribution < -0.4 is 10.2 Å². The Kier molecular flexibility index (Phi) is 6.32. The Morgan fingerprint density at radius 3 is 2.66 bits per heavy atom. The summed E-state index contributed by atoms with van der Waals surface area (Å²) in [5.74, 6) is -2.23. The van der Waals surface area contributed by atoms with Crippen LogP contribution in [-0.4, -0.2) is 68.4 Å². The highest BCUT2D eigenvalue weighted by Crippen LogP contribution is 2.52. The summed E-state index contributed by atoms with van der Waals surface area (Å²) < 4.78 is 0. The van der Waals surface area contributed by atoms with Crippen LogP contribution in [0.2, 0.25) is 0 Å². The number of amides is 2. The molecule has 3 aliphatic heterocycles. The Morgan fingerprint density at radius 1 is 1.29 bits per heavy atom. The molecule has 0 aliphatic carbocycles. The van der Waals surface area contributed by atoms with Gasteiger partial charge in [0.05, 0.1) is 30.3 Å². The quantitative estimate of drug-likeness (QED) is 0.458. The van der Waals surface area contributed by atoms with Gasteiger partial charge < -0.3 is 25.3 Å². The minimum atomic E-state index is -1.10. The summed E-state index contributed by atoms with van der Waals surface area (Å²) >= 11 is 3.03. The second kappa shape index (κ2) is 9.29. The van der Waals surface area contributed by atoms with Crippen molar-refractivity contribution in [2.75, 3.05) is 18.0 Å². The van der Waals surface area contributed by atoms with Crippen LogP contribution >= 0.6 is 23.1 Å². The molecule has 184 valence electrons. The first-order chi connectivity index (χ1) is 16.8. The second-order valence-electron chi connectivity index (χ2n) is 9.09. The predicted octanol–water partition coefficient (Wildman–Crippen LogP) is 2.15. The number of rotatable bonds is 8. The van der Waals surface area contributed by atoms with Crippen molar-refractivity contribution in [1.29, 1.82) is 0 Å². The number of nitrogens with zero attached hydrogens (tertiary/aromatic N) is 3. The molecule has 11 heteroatoms. The number of aliphatic carboxylic acids is 1. The molecule has 2 aromatic rings. The SMILES string of the molecule is C[C@@H](O)C1C(=O)N2C(C(=O)O)=C(SC3CN(c4nc(CNC(=O)c5ccccc5)cs4)C3)[C@H](C)C12. The van der Waals surface area contributed by atoms with E-state index < -0.39 is 18.0 Å². The fourth-order valence-corrected chi connectivity index (χ4v) is 7.28. The van der Waals surface area contributed by atoms with Gasteiger partial charge in [-0.3, -0.25) is 9.59 Å². The number of nitrogens with one attached hydrogen (secondary N) is 1. The topological polar surface area (TPSA) is 123 Å². The number of fused-ring (bicyclic) bond motifs is 1. The molecule has 3 N–H and O–H groups in total. The highest BCUT2D eigenvalue weighted by atomic mass is 32.2. The van der Waals surface area contributed by atoms with Crippen LogP contribution in [0.15, 0.2) is 46.3 Å². The summed E-state index contributed by atoms with van der Waals surface area (Å²) in [5, 5.41) is 25.6. The summed E-state index contributed by atoms with van der Waals surface area (Å²) in [4.78, 5) is 45.5. The first-order valence-corrected chi connectivity index (χ1v) is 13.2. The fourth-order valence-electron chi connectivity index (χ4n) is 4.91. The second-order valence-corrected chi connectivity index (χ2v) is 11.3. The van der Waals surface area contributed by atoms with Crippen LogP contribution in [-0.2, 0) is 16.1 Å². The lowest BCUT2D eigenvalue weighted by atomic mass is 9.79. The molecule has 2 unspecified atom stereocenters. The number of thiazole rings is 1. The first kappa shape index (κ1) is 23.8. The standard InChI is InChI=1S/C24H26N4O5S2/c1-12-18-17(13(2)29)22(31)28(18)19(23(32)33)20(12)35-16-9-27(10-16)24-26-15(11-34-24)8-25-21(30)14-6-4-3-5-7-14/h3-7,11-13,16-18,29H,8-10H2,1-2H3,(H,25,30)(H,32,33)/t12-,13-,17?,18?/m1/s1. The molecule has 4 heterocycles. The van der Waals surface area contributed by atoms with Crippen molar-refractivity contribution in [3.63, 3.8) is 0 Å². The van der Waals surface area contributed by atoms with Gasteiger partial charge in [-0.05, 0) is 19.1 Å². The van der Waals surface area contributed by atoms with Crippen LogP contribution in [0.3, 0.4) is 0 Å². The summed E-state index contributed by atoms with van der Waals surface area (Å²) in [6, 6.07) is 8.74. The van der Waals surface area contributed by atoms with E-state index in [-0.39, 0.29) is 34.7 Å². The van der Waals surface area contributed by atoms with Crippen LogP contribution in [0, 0.1) is 11.8 Å². The number of hydrogen-bond acceptors (Lipinski definition) is 8. The van der Waals surface area contributed by atoms with E-state index in [2.05, 4.69) is 15.2 Å². The van der Waals surface area contributed by atoms with E-state index in [1.165, 1.54) is 28.0 Å². The summed E-state index contributed by atoms with van der Waals surface area (Å²) in [5.41, 5.74) is 1.46. The van der Waals surface area contributed by atoms with Gasteiger partial charge in [0, 0.05) is 40.1 Å². The van der Waals surface area contributed by atoms with E-state index in [0.29, 0.717) is 17.0 Å². The third kappa shape index (κ3) is 4.21. The van der Waals surface area contributed by atoms with Crippen LogP contribution in [0.5, 0.6) is 0 Å². The number of aliphatic hydroxyl groups excluding tert-OH is 1. The van der Waals surface area contributed by atoms with Crippen molar-refractivity contribution in [2.45, 2.75) is 37.8 Å². The van der Waals surface area contributed by atoms with Gasteiger partial charge >= 0.3 is 5.97 Å². The highest BCUT2D eigenvalue weighted by Gasteiger charge is 2.60. The number of hydrogen-bond donors (Lipinski definition) is 3. The van der Waals surface area contributed by atoms with Gasteiger partial charge in [0.1, 0.15) is 5.70 Å². The molecule has 4 atom stereocenters. The van der Waals surface area contributed by atoms with Gasteiger partial charge in [-0.1, -0.05) is 25.1 Å². The summed E-state index contributed by atoms with van der Waals surface area (Å²) in [6.45, 7) is 5.30. The number of thioether (sulfide) groups is 1. The Hall–Kier alpha value is -2.89. The molecule has 2 amide bonds. The molecule has 0 saturated carbocycles. The van der Waals surface area contributed by atoms with Gasteiger partial charge in [0.15, 0.2) is 5.13 Å². The van der Waals surface area contributed by atoms with E-state index in [1.54, 1.807) is 19.1 Å². The molecule has 9 nitrogen and oxygen atoms in total. The van der Waals surface area contributed by atoms with Gasteiger partial charge in [-0.2, -0.15) is 0 Å². The smallest absolute Gasteiger partial charge is 0.353 e. The Balaban J connectivity index is 1.17. The molecule has 0 radical (unpaired) electrons. The Morgan fingerprint density at radius 2 is 2.00 bits per heavy atom. The van der Waals surface area contributed by atoms with Gasteiger partial charge in [0.2, 0.25) is 5.91 Å². The number of carboxylic acids is 1. The number of carbonyl (C=O) groups is 3. The largest absolute Gasteiger partial charge is 0.477 e. The lowest BCUT2D eigenvalue weighted by molar-refractivity contribution is -0.163. The van der Waals surface area contributed by atoms with Crippen LogP contribution in [0.4, 0.5) is 5.13 Å². The van der Waals surface area contributed by atoms with E-state index in [1.807, 2.05) is 30.5 Å². The molecule has 0 bridgehead atoms.